The number of hydrogen-bond acceptors (Lipinski definition) is 2. The Morgan fingerprint density at radius 1 is 1.20 bits per heavy atom. The quantitative estimate of drug-likeness (QED) is 0.565. The molecule has 0 radical (unpaired) electrons. The van der Waals surface area contributed by atoms with Crippen LogP contribution in [0.1, 0.15) is 5.56 Å². The second kappa shape index (κ2) is 4.68. The van der Waals surface area contributed by atoms with Gasteiger partial charge < -0.3 is 4.90 Å². The van der Waals surface area contributed by atoms with Gasteiger partial charge in [0, 0.05) is 25.3 Å². The Bertz CT molecular complexity index is 382. The standard InChI is InChI=1S/C11H11F2NO/c1-14(2)9-5-3-8(4-6-9)11(13)10(12)7-15/h3-7H,1-2H3/b11-10+. The molecule has 0 aliphatic heterocycles. The van der Waals surface area contributed by atoms with Gasteiger partial charge in [-0.2, -0.15) is 0 Å². The number of aldehydes is 1. The SMILES string of the molecule is CN(C)c1ccc(/C(F)=C(\F)C=O)cc1. The van der Waals surface area contributed by atoms with Gasteiger partial charge >= 0.3 is 0 Å². The molecule has 2 nitrogen and oxygen atoms in total. The highest BCUT2D eigenvalue weighted by molar-refractivity contribution is 5.82. The molecule has 0 saturated heterocycles. The molecule has 0 heterocycles. The molecule has 0 bridgehead atoms. The van der Waals surface area contributed by atoms with Crippen molar-refractivity contribution in [2.24, 2.45) is 0 Å². The number of anilines is 1. The van der Waals surface area contributed by atoms with Crippen LogP contribution in [0.15, 0.2) is 30.1 Å². The van der Waals surface area contributed by atoms with E-state index in [2.05, 4.69) is 0 Å². The Labute approximate surface area is 86.8 Å². The Balaban J connectivity index is 3.04. The summed E-state index contributed by atoms with van der Waals surface area (Å²) in [6, 6.07) is 6.14. The van der Waals surface area contributed by atoms with Crippen molar-refractivity contribution in [3.8, 4) is 0 Å². The van der Waals surface area contributed by atoms with Gasteiger partial charge in [-0.3, -0.25) is 4.79 Å². The second-order valence-corrected chi connectivity index (χ2v) is 3.22. The van der Waals surface area contributed by atoms with Crippen LogP contribution in [0.5, 0.6) is 0 Å². The highest BCUT2D eigenvalue weighted by Gasteiger charge is 2.07. The molecule has 1 rings (SSSR count). The van der Waals surface area contributed by atoms with Crippen molar-refractivity contribution in [3.05, 3.63) is 35.7 Å². The van der Waals surface area contributed by atoms with E-state index in [9.17, 15) is 13.6 Å². The van der Waals surface area contributed by atoms with Crippen LogP contribution in [0, 0.1) is 0 Å². The lowest BCUT2D eigenvalue weighted by atomic mass is 10.1. The Hall–Kier alpha value is -1.71. The normalized spacial score (nSPS) is 12.0. The largest absolute Gasteiger partial charge is 0.378 e. The van der Waals surface area contributed by atoms with Crippen LogP contribution in [-0.4, -0.2) is 20.4 Å². The molecule has 0 fully saturated rings. The van der Waals surface area contributed by atoms with E-state index in [1.54, 1.807) is 12.1 Å². The minimum Gasteiger partial charge on any atom is -0.378 e. The summed E-state index contributed by atoms with van der Waals surface area (Å²) >= 11 is 0. The van der Waals surface area contributed by atoms with Crippen molar-refractivity contribution in [1.82, 2.24) is 0 Å². The molecular weight excluding hydrogens is 200 g/mol. The van der Waals surface area contributed by atoms with E-state index in [0.717, 1.165) is 5.69 Å². The number of carbonyl (C=O) groups is 1. The van der Waals surface area contributed by atoms with Crippen molar-refractivity contribution < 1.29 is 13.6 Å². The number of allylic oxidation sites excluding steroid dienone is 1. The van der Waals surface area contributed by atoms with E-state index in [4.69, 9.17) is 0 Å². The fourth-order valence-corrected chi connectivity index (χ4v) is 1.10. The fourth-order valence-electron chi connectivity index (χ4n) is 1.10. The summed E-state index contributed by atoms with van der Waals surface area (Å²) in [4.78, 5) is 11.8. The van der Waals surface area contributed by atoms with Crippen molar-refractivity contribution in [2.45, 2.75) is 0 Å². The van der Waals surface area contributed by atoms with Gasteiger partial charge in [-0.25, -0.2) is 8.78 Å². The molecule has 0 N–H and O–H groups in total. The highest BCUT2D eigenvalue weighted by Crippen LogP contribution is 2.22. The molecule has 1 aromatic rings. The predicted molar refractivity (Wildman–Crippen MR) is 56.0 cm³/mol. The summed E-state index contributed by atoms with van der Waals surface area (Å²) in [5.41, 5.74) is 0.934. The Morgan fingerprint density at radius 2 is 1.73 bits per heavy atom. The number of carbonyl (C=O) groups excluding carboxylic acids is 1. The topological polar surface area (TPSA) is 20.3 Å². The van der Waals surface area contributed by atoms with Crippen LogP contribution in [0.4, 0.5) is 14.5 Å². The first-order valence-corrected chi connectivity index (χ1v) is 4.34. The number of benzene rings is 1. The lowest BCUT2D eigenvalue weighted by Crippen LogP contribution is -2.08. The van der Waals surface area contributed by atoms with E-state index >= 15 is 0 Å². The lowest BCUT2D eigenvalue weighted by molar-refractivity contribution is -0.106. The van der Waals surface area contributed by atoms with Crippen LogP contribution in [0.3, 0.4) is 0 Å². The van der Waals surface area contributed by atoms with Gasteiger partial charge in [0.15, 0.2) is 17.9 Å². The van der Waals surface area contributed by atoms with Crippen LogP contribution in [0.25, 0.3) is 5.83 Å². The van der Waals surface area contributed by atoms with Gasteiger partial charge in [-0.05, 0) is 24.3 Å². The summed E-state index contributed by atoms with van der Waals surface area (Å²) in [5.74, 6) is -2.51. The molecule has 0 spiro atoms. The highest BCUT2D eigenvalue weighted by atomic mass is 19.2. The smallest absolute Gasteiger partial charge is 0.199 e. The third kappa shape index (κ3) is 2.62. The summed E-state index contributed by atoms with van der Waals surface area (Å²) in [6.07, 6.45) is -0.144. The van der Waals surface area contributed by atoms with Crippen LogP contribution < -0.4 is 4.90 Å². The van der Waals surface area contributed by atoms with Crippen molar-refractivity contribution in [3.63, 3.8) is 0 Å². The molecule has 80 valence electrons. The molecule has 0 atom stereocenters. The van der Waals surface area contributed by atoms with Crippen molar-refractivity contribution >= 4 is 17.8 Å². The minimum absolute atomic E-state index is 0.0604. The molecular formula is C11H11F2NO. The molecule has 15 heavy (non-hydrogen) atoms. The molecule has 4 heteroatoms. The third-order valence-corrected chi connectivity index (χ3v) is 1.95. The minimum atomic E-state index is -1.38. The van der Waals surface area contributed by atoms with Gasteiger partial charge in [0.25, 0.3) is 0 Å². The zero-order valence-electron chi connectivity index (χ0n) is 8.50. The van der Waals surface area contributed by atoms with Gasteiger partial charge in [0.2, 0.25) is 0 Å². The van der Waals surface area contributed by atoms with E-state index in [1.807, 2.05) is 19.0 Å². The van der Waals surface area contributed by atoms with Gasteiger partial charge in [0.05, 0.1) is 0 Å². The first kappa shape index (κ1) is 11.4. The number of hydrogen-bond donors (Lipinski definition) is 0. The first-order chi connectivity index (χ1) is 7.06. The van der Waals surface area contributed by atoms with E-state index in [0.29, 0.717) is 0 Å². The molecule has 0 aromatic heterocycles. The average Bonchev–Trinajstić information content (AvgIpc) is 2.27. The van der Waals surface area contributed by atoms with Gasteiger partial charge in [-0.15, -0.1) is 0 Å². The van der Waals surface area contributed by atoms with E-state index < -0.39 is 11.7 Å². The van der Waals surface area contributed by atoms with E-state index in [1.165, 1.54) is 12.1 Å². The van der Waals surface area contributed by atoms with E-state index in [-0.39, 0.29) is 11.8 Å². The zero-order valence-corrected chi connectivity index (χ0v) is 8.50. The maximum absolute atomic E-state index is 13.1. The first-order valence-electron chi connectivity index (χ1n) is 4.34. The maximum Gasteiger partial charge on any atom is 0.199 e. The Morgan fingerprint density at radius 3 is 2.13 bits per heavy atom. The Kier molecular flexibility index (Phi) is 3.55. The van der Waals surface area contributed by atoms with Crippen LogP contribution in [-0.2, 0) is 4.79 Å². The summed E-state index contributed by atoms with van der Waals surface area (Å²) in [5, 5.41) is 0. The zero-order chi connectivity index (χ0) is 11.4. The summed E-state index contributed by atoms with van der Waals surface area (Å²) in [7, 11) is 3.68. The molecule has 1 aromatic carbocycles. The molecule has 0 amide bonds. The van der Waals surface area contributed by atoms with Gasteiger partial charge in [-0.1, -0.05) is 0 Å². The molecule has 0 aliphatic carbocycles. The molecule has 0 aliphatic rings. The average molecular weight is 211 g/mol. The monoisotopic (exact) mass is 211 g/mol. The molecule has 0 saturated carbocycles. The summed E-state index contributed by atoms with van der Waals surface area (Å²) < 4.78 is 25.7. The number of rotatable bonds is 3. The van der Waals surface area contributed by atoms with Crippen LogP contribution in [0.2, 0.25) is 0 Å². The second-order valence-electron chi connectivity index (χ2n) is 3.22. The number of halogens is 2. The summed E-state index contributed by atoms with van der Waals surface area (Å²) in [6.45, 7) is 0. The lowest BCUT2D eigenvalue weighted by Gasteiger charge is -2.12. The molecule has 0 unspecified atom stereocenters. The fraction of sp³-hybridized carbons (Fsp3) is 0.182. The number of nitrogens with zero attached hydrogens (tertiary/aromatic N) is 1. The van der Waals surface area contributed by atoms with Crippen molar-refractivity contribution in [2.75, 3.05) is 19.0 Å². The maximum atomic E-state index is 13.1. The van der Waals surface area contributed by atoms with Crippen molar-refractivity contribution in [1.29, 1.82) is 0 Å². The van der Waals surface area contributed by atoms with Crippen LogP contribution >= 0.6 is 0 Å². The third-order valence-electron chi connectivity index (χ3n) is 1.95. The predicted octanol–water partition coefficient (Wildman–Crippen LogP) is 2.56. The van der Waals surface area contributed by atoms with Gasteiger partial charge in [0.1, 0.15) is 0 Å².